The number of benzene rings is 2. The number of unbranched alkanes of at least 4 members (excludes halogenated alkanes) is 1. The second-order valence-electron chi connectivity index (χ2n) is 9.74. The molecule has 0 radical (unpaired) electrons. The molecule has 0 saturated carbocycles. The topological polar surface area (TPSA) is 90.3 Å². The molecule has 214 valence electrons. The number of anilines is 2. The average molecular weight is 629 g/mol. The molecule has 0 saturated heterocycles. The number of nitrogens with one attached hydrogen (secondary N) is 2. The lowest BCUT2D eigenvalue weighted by Gasteiger charge is -2.29. The van der Waals surface area contributed by atoms with Crippen molar-refractivity contribution in [2.75, 3.05) is 29.6 Å². The van der Waals surface area contributed by atoms with E-state index >= 15 is 0 Å². The molecule has 2 heterocycles. The molecule has 1 atom stereocenters. The van der Waals surface area contributed by atoms with E-state index < -0.39 is 6.04 Å². The Kier molecular flexibility index (Phi) is 10.2. The molecule has 3 aromatic rings. The van der Waals surface area contributed by atoms with Gasteiger partial charge in [0.15, 0.2) is 11.5 Å². The van der Waals surface area contributed by atoms with Gasteiger partial charge in [-0.15, -0.1) is 5.10 Å². The van der Waals surface area contributed by atoms with Crippen molar-refractivity contribution in [2.24, 2.45) is 0 Å². The molecule has 10 heteroatoms. The third kappa shape index (κ3) is 6.49. The van der Waals surface area contributed by atoms with Gasteiger partial charge in [-0.3, -0.25) is 4.79 Å². The lowest BCUT2D eigenvalue weighted by molar-refractivity contribution is -0.113. The highest BCUT2D eigenvalue weighted by atomic mass is 79.9. The zero-order valence-corrected chi connectivity index (χ0v) is 26.5. The Labute approximate surface area is 249 Å². The van der Waals surface area contributed by atoms with Gasteiger partial charge in [0.1, 0.15) is 6.04 Å². The van der Waals surface area contributed by atoms with E-state index in [1.54, 1.807) is 11.8 Å². The first-order chi connectivity index (χ1) is 19.3. The van der Waals surface area contributed by atoms with Gasteiger partial charge in [0.05, 0.1) is 23.3 Å². The Morgan fingerprint density at radius 3 is 2.67 bits per heavy atom. The second-order valence-corrected chi connectivity index (χ2v) is 11.7. The maximum Gasteiger partial charge on any atom is 0.255 e. The molecule has 1 amide bonds. The number of hydrogen-bond acceptors (Lipinski definition) is 7. The zero-order valence-electron chi connectivity index (χ0n) is 24.1. The first kappa shape index (κ1) is 30.0. The number of amides is 1. The summed E-state index contributed by atoms with van der Waals surface area (Å²) >= 11 is 5.33. The lowest BCUT2D eigenvalue weighted by Crippen LogP contribution is -2.31. The van der Waals surface area contributed by atoms with Crippen molar-refractivity contribution in [2.45, 2.75) is 72.0 Å². The largest absolute Gasteiger partial charge is 0.490 e. The number of aromatic nitrogens is 3. The number of carbonyl (C=O) groups is 1. The highest BCUT2D eigenvalue weighted by molar-refractivity contribution is 9.10. The maximum absolute atomic E-state index is 14.0. The van der Waals surface area contributed by atoms with Gasteiger partial charge in [0.2, 0.25) is 11.1 Å². The summed E-state index contributed by atoms with van der Waals surface area (Å²) < 4.78 is 14.6. The number of carbonyl (C=O) groups excluding carboxylic acids is 1. The van der Waals surface area contributed by atoms with Crippen molar-refractivity contribution in [3.8, 4) is 11.5 Å². The molecule has 4 rings (SSSR count). The van der Waals surface area contributed by atoms with Crippen molar-refractivity contribution >= 4 is 45.2 Å². The summed E-state index contributed by atoms with van der Waals surface area (Å²) in [5.74, 6) is 2.60. The summed E-state index contributed by atoms with van der Waals surface area (Å²) in [7, 11) is 0. The third-order valence-electron chi connectivity index (χ3n) is 6.76. The number of ether oxygens (including phenoxy) is 2. The van der Waals surface area contributed by atoms with E-state index in [2.05, 4.69) is 40.4 Å². The van der Waals surface area contributed by atoms with Gasteiger partial charge in [-0.25, -0.2) is 4.68 Å². The third-order valence-corrected chi connectivity index (χ3v) is 8.27. The van der Waals surface area contributed by atoms with Gasteiger partial charge in [-0.1, -0.05) is 44.2 Å². The van der Waals surface area contributed by atoms with Crippen molar-refractivity contribution in [1.29, 1.82) is 0 Å². The van der Waals surface area contributed by atoms with Gasteiger partial charge >= 0.3 is 0 Å². The summed E-state index contributed by atoms with van der Waals surface area (Å²) in [6.07, 6.45) is 3.06. The quantitative estimate of drug-likeness (QED) is 0.157. The zero-order chi connectivity index (χ0) is 28.8. The van der Waals surface area contributed by atoms with Gasteiger partial charge in [0, 0.05) is 17.1 Å². The molecule has 1 aliphatic rings. The van der Waals surface area contributed by atoms with E-state index in [0.717, 1.165) is 57.6 Å². The van der Waals surface area contributed by atoms with Crippen LogP contribution in [0.15, 0.2) is 51.2 Å². The Bertz CT molecular complexity index is 1400. The van der Waals surface area contributed by atoms with Gasteiger partial charge in [0.25, 0.3) is 5.91 Å². The predicted octanol–water partition coefficient (Wildman–Crippen LogP) is 7.66. The van der Waals surface area contributed by atoms with Crippen molar-refractivity contribution in [3.63, 3.8) is 0 Å². The van der Waals surface area contributed by atoms with Crippen LogP contribution < -0.4 is 20.1 Å². The number of hydrogen-bond donors (Lipinski definition) is 2. The molecule has 0 aliphatic carbocycles. The minimum absolute atomic E-state index is 0.203. The van der Waals surface area contributed by atoms with Crippen molar-refractivity contribution in [1.82, 2.24) is 14.8 Å². The van der Waals surface area contributed by atoms with Crippen molar-refractivity contribution < 1.29 is 14.3 Å². The standard InChI is InChI=1S/C30H38BrN5O3S/c1-7-10-15-40-30-34-29-32-20(6)25(28(37)33-23-13-11-12-18(4)19(23)5)26(36(29)35-30)21-16-22(31)27(39-14-8-2)24(17-21)38-9-3/h11-13,16-17,26H,7-10,14-15H2,1-6H3,(H,33,37)(H,32,34,35). The minimum Gasteiger partial charge on any atom is -0.490 e. The number of rotatable bonds is 12. The maximum atomic E-state index is 14.0. The van der Waals surface area contributed by atoms with E-state index in [4.69, 9.17) is 19.6 Å². The Balaban J connectivity index is 1.82. The fourth-order valence-electron chi connectivity index (χ4n) is 4.53. The van der Waals surface area contributed by atoms with Crippen LogP contribution >= 0.6 is 27.7 Å². The van der Waals surface area contributed by atoms with E-state index in [1.807, 2.05) is 62.7 Å². The summed E-state index contributed by atoms with van der Waals surface area (Å²) in [6, 6.07) is 9.31. The molecular formula is C30H38BrN5O3S. The highest BCUT2D eigenvalue weighted by Crippen LogP contribution is 2.43. The molecule has 1 aromatic heterocycles. The molecule has 8 nitrogen and oxygen atoms in total. The fourth-order valence-corrected chi connectivity index (χ4v) is 6.02. The smallest absolute Gasteiger partial charge is 0.255 e. The Morgan fingerprint density at radius 1 is 1.15 bits per heavy atom. The van der Waals surface area contributed by atoms with Crippen LogP contribution in [0.4, 0.5) is 11.6 Å². The Hall–Kier alpha value is -2.98. The van der Waals surface area contributed by atoms with Gasteiger partial charge in [-0.05, 0) is 91.4 Å². The first-order valence-corrected chi connectivity index (χ1v) is 15.6. The van der Waals surface area contributed by atoms with Gasteiger partial charge < -0.3 is 20.1 Å². The number of aryl methyl sites for hydroxylation is 1. The van der Waals surface area contributed by atoms with Crippen molar-refractivity contribution in [3.05, 3.63) is 62.8 Å². The monoisotopic (exact) mass is 627 g/mol. The molecule has 0 fully saturated rings. The van der Waals surface area contributed by atoms with E-state index in [0.29, 0.717) is 41.4 Å². The van der Waals surface area contributed by atoms with Crippen LogP contribution in [-0.2, 0) is 4.79 Å². The predicted molar refractivity (Wildman–Crippen MR) is 166 cm³/mol. The molecule has 1 unspecified atom stereocenters. The normalized spacial score (nSPS) is 14.5. The van der Waals surface area contributed by atoms with E-state index in [9.17, 15) is 4.79 Å². The summed E-state index contributed by atoms with van der Waals surface area (Å²) in [6.45, 7) is 13.2. The number of thioether (sulfide) groups is 1. The van der Waals surface area contributed by atoms with Crippen LogP contribution in [0.5, 0.6) is 11.5 Å². The number of halogens is 1. The van der Waals surface area contributed by atoms with Crippen LogP contribution in [0.1, 0.15) is 69.7 Å². The summed E-state index contributed by atoms with van der Waals surface area (Å²) in [5.41, 5.74) is 5.04. The molecule has 1 aliphatic heterocycles. The van der Waals surface area contributed by atoms with Crippen LogP contribution in [-0.4, -0.2) is 39.6 Å². The molecule has 2 aromatic carbocycles. The Morgan fingerprint density at radius 2 is 1.95 bits per heavy atom. The van der Waals surface area contributed by atoms with Crippen LogP contribution in [0.2, 0.25) is 0 Å². The minimum atomic E-state index is -0.537. The summed E-state index contributed by atoms with van der Waals surface area (Å²) in [4.78, 5) is 18.8. The number of nitrogens with zero attached hydrogens (tertiary/aromatic N) is 3. The molecule has 40 heavy (non-hydrogen) atoms. The van der Waals surface area contributed by atoms with Gasteiger partial charge in [-0.2, -0.15) is 4.98 Å². The SMILES string of the molecule is CCCCSc1nc2n(n1)C(c1cc(Br)c(OCCC)c(OCC)c1)C(C(=O)Nc1cccc(C)c1C)=C(C)N2. The summed E-state index contributed by atoms with van der Waals surface area (Å²) in [5, 5.41) is 12.0. The molecule has 0 spiro atoms. The molecular weight excluding hydrogens is 590 g/mol. The highest BCUT2D eigenvalue weighted by Gasteiger charge is 2.35. The van der Waals surface area contributed by atoms with E-state index in [1.165, 1.54) is 0 Å². The number of allylic oxidation sites excluding steroid dienone is 1. The lowest BCUT2D eigenvalue weighted by atomic mass is 9.94. The van der Waals surface area contributed by atoms with Crippen LogP contribution in [0, 0.1) is 13.8 Å². The molecule has 2 N–H and O–H groups in total. The number of fused-ring (bicyclic) bond motifs is 1. The van der Waals surface area contributed by atoms with Crippen LogP contribution in [0.25, 0.3) is 0 Å². The average Bonchev–Trinajstić information content (AvgIpc) is 3.32. The fraction of sp³-hybridized carbons (Fsp3) is 0.433. The van der Waals surface area contributed by atoms with E-state index in [-0.39, 0.29) is 5.91 Å². The molecule has 0 bridgehead atoms. The van der Waals surface area contributed by atoms with Crippen LogP contribution in [0.3, 0.4) is 0 Å². The second kappa shape index (κ2) is 13.6. The first-order valence-electron chi connectivity index (χ1n) is 13.8.